The van der Waals surface area contributed by atoms with Crippen molar-refractivity contribution in [2.75, 3.05) is 13.2 Å². The van der Waals surface area contributed by atoms with Crippen LogP contribution in [0.3, 0.4) is 0 Å². The van der Waals surface area contributed by atoms with Gasteiger partial charge in [0.1, 0.15) is 11.4 Å². The summed E-state index contributed by atoms with van der Waals surface area (Å²) in [6.07, 6.45) is 3.14. The number of esters is 1. The van der Waals surface area contributed by atoms with Gasteiger partial charge in [-0.2, -0.15) is 0 Å². The number of carbonyl (C=O) groups excluding carboxylic acids is 1. The van der Waals surface area contributed by atoms with Crippen LogP contribution in [0.5, 0.6) is 0 Å². The fourth-order valence-electron chi connectivity index (χ4n) is 4.98. The molecule has 0 radical (unpaired) electrons. The van der Waals surface area contributed by atoms with Gasteiger partial charge in [-0.15, -0.1) is 0 Å². The van der Waals surface area contributed by atoms with E-state index < -0.39 is 17.6 Å². The zero-order valence-electron chi connectivity index (χ0n) is 22.8. The predicted octanol–water partition coefficient (Wildman–Crippen LogP) is 4.02. The molecule has 1 N–H and O–H groups in total. The van der Waals surface area contributed by atoms with Crippen LogP contribution < -0.4 is 5.56 Å². The molecule has 0 saturated carbocycles. The third-order valence-corrected chi connectivity index (χ3v) is 6.93. The van der Waals surface area contributed by atoms with Gasteiger partial charge in [0.15, 0.2) is 0 Å². The Labute approximate surface area is 218 Å². The Morgan fingerprint density at radius 1 is 1.30 bits per heavy atom. The molecule has 3 atom stereocenters. The smallest absolute Gasteiger partial charge is 0.312 e. The number of nitrogens with zero attached hydrogens (tertiary/aromatic N) is 3. The molecule has 1 unspecified atom stereocenters. The topological polar surface area (TPSA) is 95.6 Å². The van der Waals surface area contributed by atoms with Gasteiger partial charge in [-0.05, 0) is 77.6 Å². The van der Waals surface area contributed by atoms with Gasteiger partial charge >= 0.3 is 5.97 Å². The third kappa shape index (κ3) is 6.30. The van der Waals surface area contributed by atoms with E-state index in [2.05, 4.69) is 22.8 Å². The number of benzene rings is 1. The zero-order valence-corrected chi connectivity index (χ0v) is 22.8. The quantitative estimate of drug-likeness (QED) is 0.461. The standard InChI is InChI=1S/C29H39N3O5/c1-18-13-22(16-31(6)27(18)34)26-30-24-14-20(7-9-23(19(2)33)28(35)37-29(3,4)5)8-10-25(24)32(26)15-21-11-12-36-17-21/h8,10,13-14,16,19,21,23,33H,7,9,11-12,15,17H2,1-6H3/t19-,21?,23+/m1/s1. The van der Waals surface area contributed by atoms with Crippen molar-refractivity contribution in [2.24, 2.45) is 18.9 Å². The first-order valence-electron chi connectivity index (χ1n) is 13.1. The predicted molar refractivity (Wildman–Crippen MR) is 143 cm³/mol. The van der Waals surface area contributed by atoms with Crippen LogP contribution in [0.1, 0.15) is 51.7 Å². The average Bonchev–Trinajstić information content (AvgIpc) is 3.44. The minimum atomic E-state index is -0.800. The third-order valence-electron chi connectivity index (χ3n) is 6.93. The summed E-state index contributed by atoms with van der Waals surface area (Å²) in [7, 11) is 1.76. The number of rotatable bonds is 8. The Hall–Kier alpha value is -2.97. The number of aliphatic hydroxyl groups excluding tert-OH is 1. The summed E-state index contributed by atoms with van der Waals surface area (Å²) in [4.78, 5) is 30.0. The van der Waals surface area contributed by atoms with Crippen LogP contribution in [0.15, 0.2) is 35.3 Å². The lowest BCUT2D eigenvalue weighted by molar-refractivity contribution is -0.163. The second-order valence-electron chi connectivity index (χ2n) is 11.3. The molecule has 8 heteroatoms. The number of hydrogen-bond donors (Lipinski definition) is 1. The molecule has 4 rings (SSSR count). The molecule has 1 saturated heterocycles. The highest BCUT2D eigenvalue weighted by atomic mass is 16.6. The summed E-state index contributed by atoms with van der Waals surface area (Å²) in [6, 6.07) is 8.11. The SMILES string of the molecule is Cc1cc(-c2nc3cc(CC[C@H](C(=O)OC(C)(C)C)[C@@H](C)O)ccc3n2CC2CCOC2)cn(C)c1=O. The summed E-state index contributed by atoms with van der Waals surface area (Å²) in [6.45, 7) is 11.2. The van der Waals surface area contributed by atoms with E-state index >= 15 is 0 Å². The van der Waals surface area contributed by atoms with Gasteiger partial charge in [-0.1, -0.05) is 6.07 Å². The second kappa shape index (κ2) is 10.8. The fourth-order valence-corrected chi connectivity index (χ4v) is 4.98. The Morgan fingerprint density at radius 3 is 2.68 bits per heavy atom. The average molecular weight is 510 g/mol. The highest BCUT2D eigenvalue weighted by Gasteiger charge is 2.29. The van der Waals surface area contributed by atoms with E-state index in [-0.39, 0.29) is 11.5 Å². The van der Waals surface area contributed by atoms with Gasteiger partial charge in [0, 0.05) is 43.4 Å². The zero-order chi connectivity index (χ0) is 26.9. The summed E-state index contributed by atoms with van der Waals surface area (Å²) in [5.74, 6) is 0.261. The van der Waals surface area contributed by atoms with Gasteiger partial charge in [-0.25, -0.2) is 4.98 Å². The van der Waals surface area contributed by atoms with Crippen molar-refractivity contribution in [3.05, 3.63) is 51.9 Å². The highest BCUT2D eigenvalue weighted by Crippen LogP contribution is 2.29. The largest absolute Gasteiger partial charge is 0.460 e. The van der Waals surface area contributed by atoms with E-state index in [1.54, 1.807) is 18.5 Å². The van der Waals surface area contributed by atoms with Crippen LogP contribution in [0.2, 0.25) is 0 Å². The molecular formula is C29H39N3O5. The fraction of sp³-hybridized carbons (Fsp3) is 0.552. The number of carbonyl (C=O) groups is 1. The molecule has 200 valence electrons. The first-order valence-corrected chi connectivity index (χ1v) is 13.1. The van der Waals surface area contributed by atoms with E-state index in [1.807, 2.05) is 40.0 Å². The van der Waals surface area contributed by atoms with Crippen molar-refractivity contribution in [3.63, 3.8) is 0 Å². The molecule has 0 spiro atoms. The first-order chi connectivity index (χ1) is 17.4. The Balaban J connectivity index is 1.66. The van der Waals surface area contributed by atoms with Crippen molar-refractivity contribution >= 4 is 17.0 Å². The van der Waals surface area contributed by atoms with Crippen LogP contribution in [0.4, 0.5) is 0 Å². The maximum Gasteiger partial charge on any atom is 0.312 e. The Kier molecular flexibility index (Phi) is 7.90. The lowest BCUT2D eigenvalue weighted by Crippen LogP contribution is -2.34. The molecule has 37 heavy (non-hydrogen) atoms. The molecule has 1 aromatic carbocycles. The molecule has 3 aromatic rings. The number of pyridine rings is 1. The number of hydrogen-bond acceptors (Lipinski definition) is 6. The maximum atomic E-state index is 12.7. The van der Waals surface area contributed by atoms with E-state index in [0.29, 0.717) is 24.3 Å². The summed E-state index contributed by atoms with van der Waals surface area (Å²) >= 11 is 0. The van der Waals surface area contributed by atoms with E-state index in [1.165, 1.54) is 0 Å². The van der Waals surface area contributed by atoms with Crippen LogP contribution in [0, 0.1) is 18.8 Å². The van der Waals surface area contributed by atoms with E-state index in [9.17, 15) is 14.7 Å². The van der Waals surface area contributed by atoms with Gasteiger partial charge in [-0.3, -0.25) is 9.59 Å². The van der Waals surface area contributed by atoms with Crippen molar-refractivity contribution in [1.29, 1.82) is 0 Å². The molecule has 0 aliphatic carbocycles. The van der Waals surface area contributed by atoms with Crippen LogP contribution in [-0.2, 0) is 34.3 Å². The number of aliphatic hydroxyl groups is 1. The van der Waals surface area contributed by atoms with Crippen molar-refractivity contribution in [2.45, 2.75) is 72.1 Å². The normalized spacial score (nSPS) is 17.8. The number of ether oxygens (including phenoxy) is 2. The molecule has 1 aliphatic heterocycles. The highest BCUT2D eigenvalue weighted by molar-refractivity contribution is 5.81. The molecule has 0 bridgehead atoms. The van der Waals surface area contributed by atoms with Crippen molar-refractivity contribution in [1.82, 2.24) is 14.1 Å². The number of fused-ring (bicyclic) bond motifs is 1. The molecular weight excluding hydrogens is 470 g/mol. The summed E-state index contributed by atoms with van der Waals surface area (Å²) in [5, 5.41) is 10.2. The molecule has 1 fully saturated rings. The van der Waals surface area contributed by atoms with Gasteiger partial charge in [0.2, 0.25) is 0 Å². The molecule has 2 aromatic heterocycles. The van der Waals surface area contributed by atoms with Crippen molar-refractivity contribution < 1.29 is 19.4 Å². The number of aryl methyl sites for hydroxylation is 3. The van der Waals surface area contributed by atoms with E-state index in [4.69, 9.17) is 14.5 Å². The van der Waals surface area contributed by atoms with Crippen LogP contribution in [0.25, 0.3) is 22.4 Å². The van der Waals surface area contributed by atoms with E-state index in [0.717, 1.165) is 54.2 Å². The Morgan fingerprint density at radius 2 is 2.05 bits per heavy atom. The van der Waals surface area contributed by atoms with Crippen LogP contribution >= 0.6 is 0 Å². The minimum Gasteiger partial charge on any atom is -0.460 e. The molecule has 1 aliphatic rings. The second-order valence-corrected chi connectivity index (χ2v) is 11.3. The van der Waals surface area contributed by atoms with Gasteiger partial charge in [0.05, 0.1) is 29.7 Å². The van der Waals surface area contributed by atoms with Crippen LogP contribution in [-0.4, -0.2) is 50.1 Å². The Bertz CT molecular complexity index is 1300. The molecule has 8 nitrogen and oxygen atoms in total. The van der Waals surface area contributed by atoms with Crippen molar-refractivity contribution in [3.8, 4) is 11.4 Å². The maximum absolute atomic E-state index is 12.7. The first kappa shape index (κ1) is 27.1. The lowest BCUT2D eigenvalue weighted by atomic mass is 9.94. The molecule has 0 amide bonds. The summed E-state index contributed by atoms with van der Waals surface area (Å²) < 4.78 is 15.0. The summed E-state index contributed by atoms with van der Waals surface area (Å²) in [5.41, 5.74) is 3.88. The lowest BCUT2D eigenvalue weighted by Gasteiger charge is -2.25. The minimum absolute atomic E-state index is 0.0180. The van der Waals surface area contributed by atoms with Gasteiger partial charge < -0.3 is 23.7 Å². The number of imidazole rings is 1. The van der Waals surface area contributed by atoms with Gasteiger partial charge in [0.25, 0.3) is 5.56 Å². The molecule has 3 heterocycles. The monoisotopic (exact) mass is 509 g/mol. The number of aromatic nitrogens is 3.